The number of aliphatic hydroxyl groups is 1. The molecule has 90 valence electrons. The van der Waals surface area contributed by atoms with E-state index < -0.39 is 12.1 Å². The van der Waals surface area contributed by atoms with Gasteiger partial charge in [-0.15, -0.1) is 0 Å². The van der Waals surface area contributed by atoms with E-state index in [-0.39, 0.29) is 0 Å². The number of aromatic amines is 1. The average molecular weight is 242 g/mol. The monoisotopic (exact) mass is 242 g/mol. The number of nitrogens with one attached hydrogen (secondary N) is 1. The molecule has 1 heterocycles. The van der Waals surface area contributed by atoms with Gasteiger partial charge in [-0.2, -0.15) is 5.10 Å². The first-order valence-electron chi connectivity index (χ1n) is 5.71. The molecule has 1 fully saturated rings. The summed E-state index contributed by atoms with van der Waals surface area (Å²) >= 11 is 5.22. The van der Waals surface area contributed by atoms with Crippen molar-refractivity contribution in [3.8, 4) is 0 Å². The van der Waals surface area contributed by atoms with E-state index in [9.17, 15) is 5.11 Å². The molecule has 1 aliphatic carbocycles. The highest BCUT2D eigenvalue weighted by Gasteiger charge is 2.25. The molecule has 6 heteroatoms. The van der Waals surface area contributed by atoms with E-state index >= 15 is 0 Å². The zero-order valence-corrected chi connectivity index (χ0v) is 10.2. The molecule has 0 unspecified atom stereocenters. The molecule has 0 saturated heterocycles. The third kappa shape index (κ3) is 2.05. The van der Waals surface area contributed by atoms with Gasteiger partial charge in [0.15, 0.2) is 10.6 Å². The van der Waals surface area contributed by atoms with Crippen LogP contribution >= 0.6 is 12.2 Å². The fourth-order valence-electron chi connectivity index (χ4n) is 2.28. The largest absolute Gasteiger partial charge is 0.391 e. The van der Waals surface area contributed by atoms with Crippen molar-refractivity contribution >= 4 is 12.2 Å². The SMILES string of the molecule is C[C@H](O)[C@H](N)c1n[nH]c(=S)n1C1CCCC1. The van der Waals surface area contributed by atoms with Crippen LogP contribution in [-0.2, 0) is 0 Å². The standard InChI is InChI=1S/C10H18N4OS/c1-6(15)8(11)9-12-13-10(16)14(9)7-4-2-3-5-7/h6-8,15H,2-5,11H2,1H3,(H,13,16)/t6-,8-/m0/s1. The van der Waals surface area contributed by atoms with Crippen LogP contribution in [0.2, 0.25) is 0 Å². The number of nitrogens with zero attached hydrogens (tertiary/aromatic N) is 2. The Morgan fingerprint density at radius 2 is 2.19 bits per heavy atom. The first-order chi connectivity index (χ1) is 7.61. The molecule has 2 atom stereocenters. The minimum atomic E-state index is -0.620. The van der Waals surface area contributed by atoms with Gasteiger partial charge < -0.3 is 10.8 Å². The van der Waals surface area contributed by atoms with Crippen LogP contribution in [0.3, 0.4) is 0 Å². The first-order valence-corrected chi connectivity index (χ1v) is 6.12. The quantitative estimate of drug-likeness (QED) is 0.701. The van der Waals surface area contributed by atoms with Gasteiger partial charge in [-0.05, 0) is 32.0 Å². The van der Waals surface area contributed by atoms with Crippen molar-refractivity contribution in [2.75, 3.05) is 0 Å². The highest BCUT2D eigenvalue weighted by atomic mass is 32.1. The van der Waals surface area contributed by atoms with E-state index in [0.717, 1.165) is 12.8 Å². The summed E-state index contributed by atoms with van der Waals surface area (Å²) in [5.74, 6) is 0.673. The summed E-state index contributed by atoms with van der Waals surface area (Å²) < 4.78 is 2.60. The molecule has 5 nitrogen and oxygen atoms in total. The molecule has 0 bridgehead atoms. The lowest BCUT2D eigenvalue weighted by molar-refractivity contribution is 0.157. The lowest BCUT2D eigenvalue weighted by atomic mass is 10.1. The van der Waals surface area contributed by atoms with Crippen molar-refractivity contribution in [3.63, 3.8) is 0 Å². The molecular weight excluding hydrogens is 224 g/mol. The van der Waals surface area contributed by atoms with Crippen LogP contribution in [0.25, 0.3) is 0 Å². The van der Waals surface area contributed by atoms with Gasteiger partial charge in [0.05, 0.1) is 12.1 Å². The van der Waals surface area contributed by atoms with Crippen LogP contribution in [-0.4, -0.2) is 26.0 Å². The fourth-order valence-corrected chi connectivity index (χ4v) is 2.57. The van der Waals surface area contributed by atoms with Crippen molar-refractivity contribution in [1.82, 2.24) is 14.8 Å². The Bertz CT molecular complexity index is 405. The van der Waals surface area contributed by atoms with E-state index in [1.165, 1.54) is 12.8 Å². The maximum absolute atomic E-state index is 9.52. The summed E-state index contributed by atoms with van der Waals surface area (Å²) in [6, 6.07) is -0.0837. The van der Waals surface area contributed by atoms with Gasteiger partial charge in [-0.3, -0.25) is 9.67 Å². The highest BCUT2D eigenvalue weighted by Crippen LogP contribution is 2.31. The molecule has 16 heavy (non-hydrogen) atoms. The van der Waals surface area contributed by atoms with Crippen molar-refractivity contribution in [2.24, 2.45) is 5.73 Å². The molecule has 0 amide bonds. The van der Waals surface area contributed by atoms with Gasteiger partial charge in [0.25, 0.3) is 0 Å². The maximum atomic E-state index is 9.52. The van der Waals surface area contributed by atoms with Crippen LogP contribution in [0.4, 0.5) is 0 Å². The minimum Gasteiger partial charge on any atom is -0.391 e. The van der Waals surface area contributed by atoms with Gasteiger partial charge in [-0.1, -0.05) is 12.8 Å². The molecule has 1 aromatic rings. The van der Waals surface area contributed by atoms with E-state index in [1.807, 2.05) is 4.57 Å². The summed E-state index contributed by atoms with van der Waals surface area (Å²) in [7, 11) is 0. The summed E-state index contributed by atoms with van der Waals surface area (Å²) in [6.07, 6.45) is 4.06. The van der Waals surface area contributed by atoms with E-state index in [2.05, 4.69) is 10.2 Å². The topological polar surface area (TPSA) is 79.9 Å². The van der Waals surface area contributed by atoms with Gasteiger partial charge in [-0.25, -0.2) is 0 Å². The van der Waals surface area contributed by atoms with Crippen LogP contribution < -0.4 is 5.73 Å². The van der Waals surface area contributed by atoms with Crippen molar-refractivity contribution in [3.05, 3.63) is 10.6 Å². The fraction of sp³-hybridized carbons (Fsp3) is 0.800. The van der Waals surface area contributed by atoms with Crippen LogP contribution in [0.5, 0.6) is 0 Å². The molecule has 1 aliphatic rings. The number of aliphatic hydroxyl groups excluding tert-OH is 1. The number of H-pyrrole nitrogens is 1. The molecule has 2 rings (SSSR count). The van der Waals surface area contributed by atoms with Crippen molar-refractivity contribution in [1.29, 1.82) is 0 Å². The number of nitrogens with two attached hydrogens (primary N) is 1. The second-order valence-electron chi connectivity index (χ2n) is 4.46. The van der Waals surface area contributed by atoms with Gasteiger partial charge in [0, 0.05) is 6.04 Å². The highest BCUT2D eigenvalue weighted by molar-refractivity contribution is 7.71. The summed E-state index contributed by atoms with van der Waals surface area (Å²) in [4.78, 5) is 0. The molecule has 0 spiro atoms. The molecule has 0 radical (unpaired) electrons. The molecular formula is C10H18N4OS. The Hall–Kier alpha value is -0.720. The van der Waals surface area contributed by atoms with Gasteiger partial charge in [0.1, 0.15) is 0 Å². The number of hydrogen-bond donors (Lipinski definition) is 3. The zero-order valence-electron chi connectivity index (χ0n) is 9.39. The van der Waals surface area contributed by atoms with Crippen LogP contribution in [0, 0.1) is 4.77 Å². The second kappa shape index (κ2) is 4.65. The van der Waals surface area contributed by atoms with E-state index in [4.69, 9.17) is 18.0 Å². The lowest BCUT2D eigenvalue weighted by Crippen LogP contribution is -2.27. The third-order valence-corrected chi connectivity index (χ3v) is 3.53. The second-order valence-corrected chi connectivity index (χ2v) is 4.85. The van der Waals surface area contributed by atoms with Crippen molar-refractivity contribution < 1.29 is 5.11 Å². The van der Waals surface area contributed by atoms with Crippen LogP contribution in [0.1, 0.15) is 50.5 Å². The average Bonchev–Trinajstić information content (AvgIpc) is 2.84. The Morgan fingerprint density at radius 3 is 2.75 bits per heavy atom. The Balaban J connectivity index is 2.35. The summed E-state index contributed by atoms with van der Waals surface area (Å²) in [6.45, 7) is 1.67. The Kier molecular flexibility index (Phi) is 3.41. The molecule has 0 aliphatic heterocycles. The Morgan fingerprint density at radius 1 is 1.56 bits per heavy atom. The van der Waals surface area contributed by atoms with Gasteiger partial charge >= 0.3 is 0 Å². The third-order valence-electron chi connectivity index (χ3n) is 3.24. The van der Waals surface area contributed by atoms with Crippen LogP contribution in [0.15, 0.2) is 0 Å². The van der Waals surface area contributed by atoms with Gasteiger partial charge in [0.2, 0.25) is 0 Å². The van der Waals surface area contributed by atoms with Crippen molar-refractivity contribution in [2.45, 2.75) is 50.8 Å². The predicted molar refractivity (Wildman–Crippen MR) is 63.5 cm³/mol. The number of hydrogen-bond acceptors (Lipinski definition) is 4. The van der Waals surface area contributed by atoms with E-state index in [1.54, 1.807) is 6.92 Å². The molecule has 1 aromatic heterocycles. The molecule has 0 aromatic carbocycles. The summed E-state index contributed by atoms with van der Waals surface area (Å²) in [5.41, 5.74) is 5.92. The predicted octanol–water partition coefficient (Wildman–Crippen LogP) is 1.44. The molecule has 4 N–H and O–H groups in total. The number of aromatic nitrogens is 3. The molecule has 1 saturated carbocycles. The summed E-state index contributed by atoms with van der Waals surface area (Å²) in [5, 5.41) is 16.4. The number of rotatable bonds is 3. The lowest BCUT2D eigenvalue weighted by Gasteiger charge is -2.19. The minimum absolute atomic E-state index is 0.394. The Labute approximate surface area is 99.7 Å². The zero-order chi connectivity index (χ0) is 11.7. The smallest absolute Gasteiger partial charge is 0.195 e. The van der Waals surface area contributed by atoms with E-state index in [0.29, 0.717) is 16.6 Å². The first kappa shape index (κ1) is 11.8. The maximum Gasteiger partial charge on any atom is 0.195 e. The normalized spacial score (nSPS) is 21.2.